The van der Waals surface area contributed by atoms with Crippen LogP contribution in [0.25, 0.3) is 0 Å². The molecule has 2 aromatic rings. The van der Waals surface area contributed by atoms with E-state index in [0.717, 1.165) is 30.9 Å². The molecule has 2 atom stereocenters. The van der Waals surface area contributed by atoms with Gasteiger partial charge in [-0.05, 0) is 37.9 Å². The summed E-state index contributed by atoms with van der Waals surface area (Å²) in [6.45, 7) is 6.55. The topological polar surface area (TPSA) is 58.1 Å². The second kappa shape index (κ2) is 8.33. The zero-order chi connectivity index (χ0) is 18.7. The maximum atomic E-state index is 12.6. The lowest BCUT2D eigenvalue weighted by Gasteiger charge is -2.28. The molecule has 1 aromatic carbocycles. The number of rotatable bonds is 5. The molecule has 26 heavy (non-hydrogen) atoms. The molecule has 0 spiro atoms. The molecule has 1 saturated heterocycles. The number of aryl methyl sites for hydroxylation is 1. The predicted molar refractivity (Wildman–Crippen MR) is 104 cm³/mol. The Morgan fingerprint density at radius 1 is 1.35 bits per heavy atom. The lowest BCUT2D eigenvalue weighted by molar-refractivity contribution is 0.0937. The molecule has 5 nitrogen and oxygen atoms in total. The Hall–Kier alpha value is -1.69. The van der Waals surface area contributed by atoms with Crippen molar-refractivity contribution in [1.82, 2.24) is 20.2 Å². The van der Waals surface area contributed by atoms with Gasteiger partial charge in [-0.25, -0.2) is 9.97 Å². The van der Waals surface area contributed by atoms with E-state index < -0.39 is 0 Å². The van der Waals surface area contributed by atoms with E-state index >= 15 is 0 Å². The van der Waals surface area contributed by atoms with Crippen LogP contribution in [0.3, 0.4) is 0 Å². The molecule has 1 N–H and O–H groups in total. The van der Waals surface area contributed by atoms with E-state index in [2.05, 4.69) is 27.1 Å². The Kier molecular flexibility index (Phi) is 6.12. The highest BCUT2D eigenvalue weighted by molar-refractivity contribution is 6.43. The van der Waals surface area contributed by atoms with E-state index in [0.29, 0.717) is 23.0 Å². The largest absolute Gasteiger partial charge is 0.350 e. The number of hydrogen-bond acceptors (Lipinski definition) is 4. The van der Waals surface area contributed by atoms with Crippen LogP contribution in [-0.4, -0.2) is 40.4 Å². The monoisotopic (exact) mass is 392 g/mol. The molecule has 0 radical (unpaired) electrons. The number of carbonyl (C=O) groups excluding carboxylic acids is 1. The summed E-state index contributed by atoms with van der Waals surface area (Å²) in [6, 6.07) is 5.09. The van der Waals surface area contributed by atoms with Crippen LogP contribution < -0.4 is 5.32 Å². The van der Waals surface area contributed by atoms with Gasteiger partial charge in [-0.2, -0.15) is 0 Å². The first-order valence-electron chi connectivity index (χ1n) is 8.70. The number of carbonyl (C=O) groups is 1. The van der Waals surface area contributed by atoms with Gasteiger partial charge < -0.3 is 5.32 Å². The minimum atomic E-state index is -0.234. The normalized spacial score (nSPS) is 18.7. The fourth-order valence-corrected chi connectivity index (χ4v) is 3.63. The first-order chi connectivity index (χ1) is 12.5. The van der Waals surface area contributed by atoms with Crippen LogP contribution in [-0.2, 0) is 0 Å². The van der Waals surface area contributed by atoms with Crippen molar-refractivity contribution in [3.05, 3.63) is 57.6 Å². The first kappa shape index (κ1) is 19.1. The standard InChI is InChI=1S/C19H22Cl2N4O/c1-12-6-7-25(11-12)17(14-8-22-13(2)23-9-14)10-24-19(26)15-4-3-5-16(20)18(15)21/h3-5,8-9,12,17H,6-7,10-11H2,1-2H3,(H,24,26). The molecule has 7 heteroatoms. The van der Waals surface area contributed by atoms with Crippen LogP contribution in [0.15, 0.2) is 30.6 Å². The molecule has 0 aliphatic carbocycles. The van der Waals surface area contributed by atoms with Crippen molar-refractivity contribution >= 4 is 29.1 Å². The molecule has 2 unspecified atom stereocenters. The maximum Gasteiger partial charge on any atom is 0.252 e. The number of hydrogen-bond donors (Lipinski definition) is 1. The van der Waals surface area contributed by atoms with Gasteiger partial charge in [-0.3, -0.25) is 9.69 Å². The Bertz CT molecular complexity index is 782. The van der Waals surface area contributed by atoms with E-state index in [-0.39, 0.29) is 17.0 Å². The third kappa shape index (κ3) is 4.34. The fourth-order valence-electron chi connectivity index (χ4n) is 3.25. The molecule has 0 saturated carbocycles. The first-order valence-corrected chi connectivity index (χ1v) is 9.46. The van der Waals surface area contributed by atoms with E-state index in [1.165, 1.54) is 0 Å². The van der Waals surface area contributed by atoms with E-state index in [1.54, 1.807) is 18.2 Å². The van der Waals surface area contributed by atoms with Gasteiger partial charge in [-0.15, -0.1) is 0 Å². The van der Waals surface area contributed by atoms with Crippen molar-refractivity contribution in [2.45, 2.75) is 26.3 Å². The Morgan fingerprint density at radius 2 is 2.08 bits per heavy atom. The van der Waals surface area contributed by atoms with Crippen LogP contribution >= 0.6 is 23.2 Å². The molecule has 0 bridgehead atoms. The SMILES string of the molecule is Cc1ncc(C(CNC(=O)c2cccc(Cl)c2Cl)N2CCC(C)C2)cn1. The third-order valence-electron chi connectivity index (χ3n) is 4.73. The van der Waals surface area contributed by atoms with Crippen molar-refractivity contribution in [3.63, 3.8) is 0 Å². The summed E-state index contributed by atoms with van der Waals surface area (Å²) >= 11 is 12.2. The molecule has 2 heterocycles. The quantitative estimate of drug-likeness (QED) is 0.837. The van der Waals surface area contributed by atoms with Crippen molar-refractivity contribution in [2.75, 3.05) is 19.6 Å². The third-order valence-corrected chi connectivity index (χ3v) is 5.55. The molecule has 3 rings (SSSR count). The number of aromatic nitrogens is 2. The molecule has 1 aliphatic heterocycles. The highest BCUT2D eigenvalue weighted by Crippen LogP contribution is 2.28. The minimum absolute atomic E-state index is 0.0301. The second-order valence-electron chi connectivity index (χ2n) is 6.78. The summed E-state index contributed by atoms with van der Waals surface area (Å²) in [5.41, 5.74) is 1.38. The second-order valence-corrected chi connectivity index (χ2v) is 7.56. The maximum absolute atomic E-state index is 12.6. The molecule has 1 amide bonds. The van der Waals surface area contributed by atoms with Crippen LogP contribution in [0.1, 0.15) is 41.1 Å². The number of amides is 1. The number of likely N-dealkylation sites (tertiary alicyclic amines) is 1. The molecule has 138 valence electrons. The Labute approximate surface area is 163 Å². The summed E-state index contributed by atoms with van der Waals surface area (Å²) in [7, 11) is 0. The van der Waals surface area contributed by atoms with Gasteiger partial charge in [0.2, 0.25) is 0 Å². The van der Waals surface area contributed by atoms with Crippen molar-refractivity contribution in [1.29, 1.82) is 0 Å². The zero-order valence-corrected chi connectivity index (χ0v) is 16.4. The minimum Gasteiger partial charge on any atom is -0.350 e. The molecule has 1 fully saturated rings. The van der Waals surface area contributed by atoms with Gasteiger partial charge in [-0.1, -0.05) is 36.2 Å². The van der Waals surface area contributed by atoms with Crippen LogP contribution in [0.5, 0.6) is 0 Å². The number of halogens is 2. The lowest BCUT2D eigenvalue weighted by Crippen LogP contribution is -2.37. The number of nitrogens with zero attached hydrogens (tertiary/aromatic N) is 3. The Balaban J connectivity index is 1.76. The van der Waals surface area contributed by atoms with Crippen molar-refractivity contribution in [2.24, 2.45) is 5.92 Å². The summed E-state index contributed by atoms with van der Waals surface area (Å²) in [4.78, 5) is 23.6. The van der Waals surface area contributed by atoms with Gasteiger partial charge in [0.15, 0.2) is 0 Å². The fraction of sp³-hybridized carbons (Fsp3) is 0.421. The summed E-state index contributed by atoms with van der Waals surface area (Å²) < 4.78 is 0. The van der Waals surface area contributed by atoms with Gasteiger partial charge in [0.25, 0.3) is 5.91 Å². The van der Waals surface area contributed by atoms with E-state index in [1.807, 2.05) is 19.3 Å². The van der Waals surface area contributed by atoms with Gasteiger partial charge >= 0.3 is 0 Å². The average molecular weight is 393 g/mol. The van der Waals surface area contributed by atoms with Gasteiger partial charge in [0.1, 0.15) is 5.82 Å². The summed E-state index contributed by atoms with van der Waals surface area (Å²) in [5, 5.41) is 3.64. The zero-order valence-electron chi connectivity index (χ0n) is 14.9. The molecule has 1 aliphatic rings. The van der Waals surface area contributed by atoms with Crippen LogP contribution in [0.4, 0.5) is 0 Å². The smallest absolute Gasteiger partial charge is 0.252 e. The lowest BCUT2D eigenvalue weighted by atomic mass is 10.1. The number of nitrogens with one attached hydrogen (secondary N) is 1. The van der Waals surface area contributed by atoms with E-state index in [4.69, 9.17) is 23.2 Å². The molecule has 1 aromatic heterocycles. The van der Waals surface area contributed by atoms with E-state index in [9.17, 15) is 4.79 Å². The summed E-state index contributed by atoms with van der Waals surface area (Å²) in [6.07, 6.45) is 4.83. The summed E-state index contributed by atoms with van der Waals surface area (Å²) in [5.74, 6) is 1.14. The van der Waals surface area contributed by atoms with Crippen molar-refractivity contribution < 1.29 is 4.79 Å². The van der Waals surface area contributed by atoms with Crippen LogP contribution in [0.2, 0.25) is 10.0 Å². The molecular formula is C19H22Cl2N4O. The van der Waals surface area contributed by atoms with Gasteiger partial charge in [0, 0.05) is 31.0 Å². The average Bonchev–Trinajstić information content (AvgIpc) is 3.05. The highest BCUT2D eigenvalue weighted by Gasteiger charge is 2.28. The van der Waals surface area contributed by atoms with Gasteiger partial charge in [0.05, 0.1) is 21.7 Å². The molecular weight excluding hydrogens is 371 g/mol. The van der Waals surface area contributed by atoms with Crippen LogP contribution in [0, 0.1) is 12.8 Å². The predicted octanol–water partition coefficient (Wildman–Crippen LogP) is 3.90. The van der Waals surface area contributed by atoms with Crippen molar-refractivity contribution in [3.8, 4) is 0 Å². The highest BCUT2D eigenvalue weighted by atomic mass is 35.5. The number of benzene rings is 1. The Morgan fingerprint density at radius 3 is 2.73 bits per heavy atom.